The Hall–Kier alpha value is -2.77. The molecule has 2 aliphatic rings. The van der Waals surface area contributed by atoms with Gasteiger partial charge in [-0.15, -0.1) is 10.0 Å². The fourth-order valence-electron chi connectivity index (χ4n) is 4.83. The second kappa shape index (κ2) is 5.15. The van der Waals surface area contributed by atoms with Crippen molar-refractivity contribution in [2.45, 2.75) is 33.4 Å². The predicted octanol–water partition coefficient (Wildman–Crippen LogP) is 7.61. The molecule has 130 valence electrons. The van der Waals surface area contributed by atoms with Crippen molar-refractivity contribution in [1.29, 1.82) is 0 Å². The summed E-state index contributed by atoms with van der Waals surface area (Å²) in [5.74, 6) is 0. The molecule has 0 amide bonds. The molecular formula is C26H20S. The Labute approximate surface area is 161 Å². The van der Waals surface area contributed by atoms with Crippen molar-refractivity contribution < 1.29 is 0 Å². The van der Waals surface area contributed by atoms with Crippen molar-refractivity contribution in [3.05, 3.63) is 96.1 Å². The van der Waals surface area contributed by atoms with Crippen LogP contribution in [0.3, 0.4) is 0 Å². The van der Waals surface area contributed by atoms with Crippen molar-refractivity contribution in [1.82, 2.24) is 0 Å². The van der Waals surface area contributed by atoms with Gasteiger partial charge in [0.25, 0.3) is 0 Å². The Morgan fingerprint density at radius 3 is 1.33 bits per heavy atom. The summed E-state index contributed by atoms with van der Waals surface area (Å²) in [7, 11) is -1.41. The SMILES string of the molecule is Cc1ccc2c(c1)S1(c3ccccc3-c3ccccc31)c1cc(C)ccc1-2. The zero-order chi connectivity index (χ0) is 18.2. The summed E-state index contributed by atoms with van der Waals surface area (Å²) in [5.41, 5.74) is 8.32. The van der Waals surface area contributed by atoms with Gasteiger partial charge in [-0.25, -0.2) is 0 Å². The number of rotatable bonds is 0. The van der Waals surface area contributed by atoms with E-state index in [1.807, 2.05) is 0 Å². The van der Waals surface area contributed by atoms with E-state index in [2.05, 4.69) is 98.8 Å². The maximum Gasteiger partial charge on any atom is 0.0105 e. The van der Waals surface area contributed by atoms with Gasteiger partial charge in [0.15, 0.2) is 0 Å². The standard InChI is InChI=1S/C26H20S/c1-17-11-13-21-22-14-12-18(2)16-26(22)27(25(21)15-17)23-9-5-3-7-19(23)20-8-4-6-10-24(20)27/h3-16H,1-2H3. The fourth-order valence-corrected chi connectivity index (χ4v) is 9.58. The molecule has 2 aliphatic heterocycles. The average molecular weight is 365 g/mol. The second-order valence-electron chi connectivity index (χ2n) is 7.60. The first kappa shape index (κ1) is 15.3. The summed E-state index contributed by atoms with van der Waals surface area (Å²) in [5, 5.41) is 0. The highest BCUT2D eigenvalue weighted by atomic mass is 32.3. The molecule has 0 radical (unpaired) electrons. The quantitative estimate of drug-likeness (QED) is 0.260. The first-order valence-corrected chi connectivity index (χ1v) is 11.1. The average Bonchev–Trinajstić information content (AvgIpc) is 3.14. The van der Waals surface area contributed by atoms with Gasteiger partial charge in [0.05, 0.1) is 0 Å². The van der Waals surface area contributed by atoms with Crippen LogP contribution in [0.4, 0.5) is 0 Å². The van der Waals surface area contributed by atoms with Crippen LogP contribution >= 0.6 is 10.0 Å². The summed E-state index contributed by atoms with van der Waals surface area (Å²) < 4.78 is 0. The predicted molar refractivity (Wildman–Crippen MR) is 114 cm³/mol. The van der Waals surface area contributed by atoms with E-state index in [1.54, 1.807) is 0 Å². The Morgan fingerprint density at radius 2 is 0.852 bits per heavy atom. The van der Waals surface area contributed by atoms with Gasteiger partial charge in [-0.1, -0.05) is 60.7 Å². The highest BCUT2D eigenvalue weighted by molar-refractivity contribution is 8.34. The smallest absolute Gasteiger partial charge is 0.0105 e. The Morgan fingerprint density at radius 1 is 0.444 bits per heavy atom. The zero-order valence-corrected chi connectivity index (χ0v) is 16.3. The van der Waals surface area contributed by atoms with Gasteiger partial charge in [-0.2, -0.15) is 0 Å². The van der Waals surface area contributed by atoms with Gasteiger partial charge >= 0.3 is 0 Å². The normalized spacial score (nSPS) is 15.8. The summed E-state index contributed by atoms with van der Waals surface area (Å²) in [4.78, 5) is 6.03. The van der Waals surface area contributed by atoms with Gasteiger partial charge in [-0.3, -0.25) is 0 Å². The summed E-state index contributed by atoms with van der Waals surface area (Å²) in [6, 6.07) is 32.2. The maximum absolute atomic E-state index is 2.44. The Balaban J connectivity index is 1.88. The molecular weight excluding hydrogens is 344 g/mol. The number of aryl methyl sites for hydroxylation is 2. The third kappa shape index (κ3) is 1.76. The van der Waals surface area contributed by atoms with Crippen LogP contribution in [0, 0.1) is 13.8 Å². The molecule has 0 bridgehead atoms. The number of fused-ring (bicyclic) bond motifs is 10. The van der Waals surface area contributed by atoms with Crippen molar-refractivity contribution >= 4 is 10.0 Å². The molecule has 0 aromatic heterocycles. The van der Waals surface area contributed by atoms with E-state index >= 15 is 0 Å². The highest BCUT2D eigenvalue weighted by Crippen LogP contribution is 2.84. The lowest BCUT2D eigenvalue weighted by atomic mass is 10.0. The monoisotopic (exact) mass is 364 g/mol. The van der Waals surface area contributed by atoms with Crippen LogP contribution in [0.1, 0.15) is 11.1 Å². The van der Waals surface area contributed by atoms with Gasteiger partial charge in [0.2, 0.25) is 0 Å². The van der Waals surface area contributed by atoms with E-state index in [0.29, 0.717) is 0 Å². The Bertz CT molecular complexity index is 1150. The van der Waals surface area contributed by atoms with Gasteiger partial charge in [-0.05, 0) is 71.5 Å². The van der Waals surface area contributed by atoms with E-state index in [0.717, 1.165) is 0 Å². The molecule has 0 atom stereocenters. The molecule has 1 spiro atoms. The molecule has 0 saturated carbocycles. The minimum absolute atomic E-state index is 1.34. The van der Waals surface area contributed by atoms with E-state index in [9.17, 15) is 0 Å². The van der Waals surface area contributed by atoms with Crippen LogP contribution in [-0.4, -0.2) is 0 Å². The summed E-state index contributed by atoms with van der Waals surface area (Å²) in [6.07, 6.45) is 0. The fraction of sp³-hybridized carbons (Fsp3) is 0.0769. The molecule has 0 fully saturated rings. The van der Waals surface area contributed by atoms with Gasteiger partial charge in [0, 0.05) is 19.6 Å². The molecule has 0 aliphatic carbocycles. The summed E-state index contributed by atoms with van der Waals surface area (Å²) in [6.45, 7) is 4.43. The molecule has 6 rings (SSSR count). The minimum Gasteiger partial charge on any atom is -0.130 e. The molecule has 2 heterocycles. The lowest BCUT2D eigenvalue weighted by molar-refractivity contribution is 1.32. The van der Waals surface area contributed by atoms with E-state index in [1.165, 1.54) is 53.0 Å². The van der Waals surface area contributed by atoms with E-state index < -0.39 is 10.0 Å². The molecule has 27 heavy (non-hydrogen) atoms. The lowest BCUT2D eigenvalue weighted by Crippen LogP contribution is -1.98. The lowest BCUT2D eigenvalue weighted by Gasteiger charge is -2.36. The topological polar surface area (TPSA) is 0 Å². The van der Waals surface area contributed by atoms with Crippen LogP contribution < -0.4 is 0 Å². The van der Waals surface area contributed by atoms with Crippen LogP contribution in [-0.2, 0) is 0 Å². The van der Waals surface area contributed by atoms with Gasteiger partial charge in [0.1, 0.15) is 0 Å². The molecule has 4 aromatic carbocycles. The maximum atomic E-state index is 2.44. The van der Waals surface area contributed by atoms with Crippen molar-refractivity contribution in [3.63, 3.8) is 0 Å². The molecule has 1 heteroatoms. The van der Waals surface area contributed by atoms with Crippen molar-refractivity contribution in [2.24, 2.45) is 0 Å². The third-order valence-corrected chi connectivity index (χ3v) is 9.97. The molecule has 0 N–H and O–H groups in total. The third-order valence-electron chi connectivity index (χ3n) is 5.95. The van der Waals surface area contributed by atoms with Crippen molar-refractivity contribution in [2.75, 3.05) is 0 Å². The largest absolute Gasteiger partial charge is 0.130 e. The van der Waals surface area contributed by atoms with Crippen LogP contribution in [0.25, 0.3) is 22.3 Å². The van der Waals surface area contributed by atoms with E-state index in [-0.39, 0.29) is 0 Å². The first-order chi connectivity index (χ1) is 13.2. The van der Waals surface area contributed by atoms with E-state index in [4.69, 9.17) is 0 Å². The van der Waals surface area contributed by atoms with Crippen LogP contribution in [0.5, 0.6) is 0 Å². The molecule has 0 unspecified atom stereocenters. The Kier molecular flexibility index (Phi) is 2.92. The number of hydrogen-bond donors (Lipinski definition) is 0. The molecule has 4 aromatic rings. The first-order valence-electron chi connectivity index (χ1n) is 9.45. The highest BCUT2D eigenvalue weighted by Gasteiger charge is 2.47. The van der Waals surface area contributed by atoms with Crippen LogP contribution in [0.15, 0.2) is 105 Å². The number of hydrogen-bond acceptors (Lipinski definition) is 0. The van der Waals surface area contributed by atoms with Gasteiger partial charge < -0.3 is 0 Å². The molecule has 0 saturated heterocycles. The second-order valence-corrected chi connectivity index (χ2v) is 10.6. The molecule has 0 nitrogen and oxygen atoms in total. The number of benzene rings is 4. The summed E-state index contributed by atoms with van der Waals surface area (Å²) >= 11 is 0. The van der Waals surface area contributed by atoms with Crippen LogP contribution in [0.2, 0.25) is 0 Å². The minimum atomic E-state index is -1.41. The van der Waals surface area contributed by atoms with Crippen molar-refractivity contribution in [3.8, 4) is 22.3 Å². The zero-order valence-electron chi connectivity index (χ0n) is 15.5.